The van der Waals surface area contributed by atoms with Crippen LogP contribution in [0.25, 0.3) is 0 Å². The molecule has 0 aliphatic carbocycles. The van der Waals surface area contributed by atoms with Gasteiger partial charge in [0.15, 0.2) is 11.7 Å². The number of rotatable bonds is 6. The lowest BCUT2D eigenvalue weighted by Gasteiger charge is -2.10. The second-order valence-corrected chi connectivity index (χ2v) is 6.21. The fraction of sp³-hybridized carbons (Fsp3) is 0.400. The van der Waals surface area contributed by atoms with Crippen molar-refractivity contribution in [3.8, 4) is 0 Å². The van der Waals surface area contributed by atoms with E-state index in [1.54, 1.807) is 23.5 Å². The number of primary amides is 1. The number of carbonyl (C=O) groups excluding carboxylic acids is 1. The number of hydrogen-bond donors (Lipinski definition) is 3. The monoisotopic (exact) mass is 463 g/mol. The van der Waals surface area contributed by atoms with Crippen LogP contribution in [0, 0.1) is 13.8 Å². The van der Waals surface area contributed by atoms with Gasteiger partial charge >= 0.3 is 0 Å². The van der Waals surface area contributed by atoms with Gasteiger partial charge in [0.25, 0.3) is 5.91 Å². The minimum Gasteiger partial charge on any atom is -0.454 e. The van der Waals surface area contributed by atoms with Crippen molar-refractivity contribution < 1.29 is 9.21 Å². The van der Waals surface area contributed by atoms with Crippen molar-refractivity contribution >= 4 is 47.2 Å². The molecule has 0 spiro atoms. The highest BCUT2D eigenvalue weighted by atomic mass is 127. The zero-order valence-electron chi connectivity index (χ0n) is 13.9. The van der Waals surface area contributed by atoms with E-state index in [-0.39, 0.29) is 29.7 Å². The normalized spacial score (nSPS) is 11.0. The molecule has 2 aromatic heterocycles. The number of guanidine groups is 1. The Hall–Kier alpha value is -1.62. The third kappa shape index (κ3) is 5.78. The van der Waals surface area contributed by atoms with Crippen LogP contribution >= 0.6 is 35.3 Å². The molecule has 2 aromatic rings. The van der Waals surface area contributed by atoms with Crippen molar-refractivity contribution in [2.45, 2.75) is 33.9 Å². The minimum atomic E-state index is -0.582. The summed E-state index contributed by atoms with van der Waals surface area (Å²) in [4.78, 5) is 21.0. The Morgan fingerprint density at radius 2 is 2.12 bits per heavy atom. The van der Waals surface area contributed by atoms with E-state index in [2.05, 4.69) is 20.6 Å². The van der Waals surface area contributed by atoms with Crippen molar-refractivity contribution in [2.24, 2.45) is 10.7 Å². The van der Waals surface area contributed by atoms with Gasteiger partial charge < -0.3 is 20.8 Å². The first-order chi connectivity index (χ1) is 11.0. The Kier molecular flexibility index (Phi) is 8.19. The highest BCUT2D eigenvalue weighted by Gasteiger charge is 2.08. The predicted octanol–water partition coefficient (Wildman–Crippen LogP) is 2.33. The van der Waals surface area contributed by atoms with Gasteiger partial charge in [-0.3, -0.25) is 4.79 Å². The van der Waals surface area contributed by atoms with Gasteiger partial charge in [-0.15, -0.1) is 35.3 Å². The molecule has 0 saturated carbocycles. The molecule has 0 fully saturated rings. The standard InChI is InChI=1S/C15H21N5O2S.HI/c1-4-17-15(19-8-13-9(2)20-10(3)23-13)18-7-11-5-6-12(22-11)14(16)21;/h5-6H,4,7-8H2,1-3H3,(H2,16,21)(H2,17,18,19);1H. The summed E-state index contributed by atoms with van der Waals surface area (Å²) in [6, 6.07) is 3.25. The summed E-state index contributed by atoms with van der Waals surface area (Å²) in [5.74, 6) is 0.820. The van der Waals surface area contributed by atoms with Crippen molar-refractivity contribution in [1.82, 2.24) is 15.6 Å². The van der Waals surface area contributed by atoms with E-state index in [1.807, 2.05) is 20.8 Å². The first-order valence-electron chi connectivity index (χ1n) is 7.33. The number of amides is 1. The van der Waals surface area contributed by atoms with Crippen LogP contribution in [0.3, 0.4) is 0 Å². The fourth-order valence-electron chi connectivity index (χ4n) is 2.00. The molecule has 2 heterocycles. The number of thiazole rings is 1. The third-order valence-corrected chi connectivity index (χ3v) is 4.13. The average Bonchev–Trinajstić information content (AvgIpc) is 3.08. The zero-order chi connectivity index (χ0) is 16.8. The molecule has 2 rings (SSSR count). The molecule has 0 unspecified atom stereocenters. The summed E-state index contributed by atoms with van der Waals surface area (Å²) in [5.41, 5.74) is 6.20. The molecule has 7 nitrogen and oxygen atoms in total. The summed E-state index contributed by atoms with van der Waals surface area (Å²) < 4.78 is 5.31. The first-order valence-corrected chi connectivity index (χ1v) is 8.14. The lowest BCUT2D eigenvalue weighted by atomic mass is 10.4. The third-order valence-electron chi connectivity index (χ3n) is 3.06. The summed E-state index contributed by atoms with van der Waals surface area (Å²) in [7, 11) is 0. The molecule has 0 bridgehead atoms. The number of aliphatic imine (C=N–C) groups is 1. The number of hydrogen-bond acceptors (Lipinski definition) is 5. The number of aromatic nitrogens is 1. The van der Waals surface area contributed by atoms with Crippen LogP contribution in [-0.4, -0.2) is 23.4 Å². The van der Waals surface area contributed by atoms with E-state index in [1.165, 1.54) is 4.88 Å². The Balaban J connectivity index is 0.00000288. The quantitative estimate of drug-likeness (QED) is 0.347. The van der Waals surface area contributed by atoms with Crippen LogP contribution in [0.1, 0.15) is 38.8 Å². The van der Waals surface area contributed by atoms with Gasteiger partial charge in [-0.2, -0.15) is 0 Å². The molecule has 0 aromatic carbocycles. The molecule has 132 valence electrons. The molecule has 24 heavy (non-hydrogen) atoms. The second-order valence-electron chi connectivity index (χ2n) is 4.92. The molecule has 4 N–H and O–H groups in total. The Morgan fingerprint density at radius 1 is 1.38 bits per heavy atom. The summed E-state index contributed by atoms with van der Waals surface area (Å²) in [6.07, 6.45) is 0. The van der Waals surface area contributed by atoms with Crippen LogP contribution in [-0.2, 0) is 13.1 Å². The van der Waals surface area contributed by atoms with Crippen molar-refractivity contribution in [2.75, 3.05) is 6.54 Å². The van der Waals surface area contributed by atoms with Crippen LogP contribution in [0.15, 0.2) is 21.5 Å². The lowest BCUT2D eigenvalue weighted by Crippen LogP contribution is -2.36. The molecule has 0 aliphatic heterocycles. The highest BCUT2D eigenvalue weighted by Crippen LogP contribution is 2.16. The average molecular weight is 463 g/mol. The Labute approximate surface area is 162 Å². The van der Waals surface area contributed by atoms with Crippen LogP contribution in [0.4, 0.5) is 0 Å². The first kappa shape index (κ1) is 20.4. The van der Waals surface area contributed by atoms with E-state index >= 15 is 0 Å². The van der Waals surface area contributed by atoms with E-state index in [0.717, 1.165) is 17.2 Å². The van der Waals surface area contributed by atoms with Crippen LogP contribution < -0.4 is 16.4 Å². The number of carbonyl (C=O) groups is 1. The van der Waals surface area contributed by atoms with Crippen molar-refractivity contribution in [1.29, 1.82) is 0 Å². The molecule has 0 aliphatic rings. The number of nitrogens with two attached hydrogens (primary N) is 1. The molecular weight excluding hydrogens is 441 g/mol. The molecular formula is C15H22IN5O2S. The lowest BCUT2D eigenvalue weighted by molar-refractivity contribution is 0.0972. The fourth-order valence-corrected chi connectivity index (χ4v) is 2.87. The summed E-state index contributed by atoms with van der Waals surface area (Å²) in [5, 5.41) is 7.49. The van der Waals surface area contributed by atoms with Gasteiger partial charge in [-0.1, -0.05) is 0 Å². The van der Waals surface area contributed by atoms with Crippen LogP contribution in [0.5, 0.6) is 0 Å². The van der Waals surface area contributed by atoms with Gasteiger partial charge in [0.1, 0.15) is 12.3 Å². The minimum absolute atomic E-state index is 0. The van der Waals surface area contributed by atoms with Gasteiger partial charge in [0.05, 0.1) is 17.2 Å². The van der Waals surface area contributed by atoms with E-state index in [0.29, 0.717) is 24.8 Å². The van der Waals surface area contributed by atoms with Crippen molar-refractivity contribution in [3.63, 3.8) is 0 Å². The SMILES string of the molecule is CCNC(=NCc1ccc(C(N)=O)o1)NCc1sc(C)nc1C.I. The zero-order valence-corrected chi connectivity index (χ0v) is 17.0. The molecule has 0 radical (unpaired) electrons. The maximum Gasteiger partial charge on any atom is 0.284 e. The highest BCUT2D eigenvalue weighted by molar-refractivity contribution is 14.0. The Bertz CT molecular complexity index is 711. The number of furan rings is 1. The number of halogens is 1. The van der Waals surface area contributed by atoms with E-state index < -0.39 is 5.91 Å². The topological polar surface area (TPSA) is 106 Å². The van der Waals surface area contributed by atoms with Gasteiger partial charge in [-0.25, -0.2) is 9.98 Å². The van der Waals surface area contributed by atoms with Crippen LogP contribution in [0.2, 0.25) is 0 Å². The maximum atomic E-state index is 11.0. The number of nitrogens with zero attached hydrogens (tertiary/aromatic N) is 2. The van der Waals surface area contributed by atoms with Gasteiger partial charge in [-0.05, 0) is 32.9 Å². The van der Waals surface area contributed by atoms with E-state index in [4.69, 9.17) is 10.2 Å². The summed E-state index contributed by atoms with van der Waals surface area (Å²) in [6.45, 7) is 7.72. The second kappa shape index (κ2) is 9.62. The molecule has 1 amide bonds. The molecule has 0 saturated heterocycles. The molecule has 0 atom stereocenters. The smallest absolute Gasteiger partial charge is 0.284 e. The van der Waals surface area contributed by atoms with Gasteiger partial charge in [0, 0.05) is 11.4 Å². The number of aryl methyl sites for hydroxylation is 2. The predicted molar refractivity (Wildman–Crippen MR) is 106 cm³/mol. The largest absolute Gasteiger partial charge is 0.454 e. The maximum absolute atomic E-state index is 11.0. The molecule has 9 heteroatoms. The van der Waals surface area contributed by atoms with Gasteiger partial charge in [0.2, 0.25) is 0 Å². The number of nitrogens with one attached hydrogen (secondary N) is 2. The van der Waals surface area contributed by atoms with Crippen molar-refractivity contribution in [3.05, 3.63) is 39.2 Å². The summed E-state index contributed by atoms with van der Waals surface area (Å²) >= 11 is 1.67. The Morgan fingerprint density at radius 3 is 2.67 bits per heavy atom. The van der Waals surface area contributed by atoms with E-state index in [9.17, 15) is 4.79 Å².